The van der Waals surface area contributed by atoms with Gasteiger partial charge in [-0.25, -0.2) is 4.39 Å². The molecule has 3 aliphatic heterocycles. The van der Waals surface area contributed by atoms with E-state index in [0.29, 0.717) is 61.4 Å². The second-order valence-corrected chi connectivity index (χ2v) is 12.1. The first kappa shape index (κ1) is 27.3. The molecule has 2 N–H and O–H groups in total. The van der Waals surface area contributed by atoms with Crippen LogP contribution in [-0.2, 0) is 4.74 Å². The molecule has 2 unspecified atom stereocenters. The molecule has 4 aromatic rings. The van der Waals surface area contributed by atoms with Gasteiger partial charge in [-0.05, 0) is 73.3 Å². The van der Waals surface area contributed by atoms with Crippen molar-refractivity contribution < 1.29 is 23.8 Å². The Balaban J connectivity index is 1.30. The topological polar surface area (TPSA) is 96.3 Å². The highest BCUT2D eigenvalue weighted by Gasteiger charge is 2.34. The van der Waals surface area contributed by atoms with E-state index in [4.69, 9.17) is 9.47 Å². The second kappa shape index (κ2) is 10.4. The molecule has 8 rings (SSSR count). The van der Waals surface area contributed by atoms with Crippen LogP contribution in [0.25, 0.3) is 27.7 Å². The molecular formula is C34H33FN4O5. The highest BCUT2D eigenvalue weighted by Crippen LogP contribution is 2.51. The second-order valence-electron chi connectivity index (χ2n) is 12.1. The smallest absolute Gasteiger partial charge is 0.259 e. The van der Waals surface area contributed by atoms with Crippen LogP contribution in [0.3, 0.4) is 0 Å². The quantitative estimate of drug-likeness (QED) is 0.305. The number of rotatable bonds is 5. The van der Waals surface area contributed by atoms with E-state index in [1.807, 2.05) is 30.3 Å². The molecular weight excluding hydrogens is 563 g/mol. The summed E-state index contributed by atoms with van der Waals surface area (Å²) in [4.78, 5) is 31.5. The van der Waals surface area contributed by atoms with Crippen molar-refractivity contribution in [1.29, 1.82) is 0 Å². The predicted molar refractivity (Wildman–Crippen MR) is 165 cm³/mol. The number of nitrogens with one attached hydrogen (secondary N) is 1. The molecule has 2 atom stereocenters. The van der Waals surface area contributed by atoms with Crippen LogP contribution in [0.2, 0.25) is 0 Å². The molecule has 3 aromatic carbocycles. The minimum atomic E-state index is -0.836. The van der Waals surface area contributed by atoms with Crippen molar-refractivity contribution in [2.45, 2.75) is 31.4 Å². The Morgan fingerprint density at radius 1 is 1.09 bits per heavy atom. The number of fused-ring (bicyclic) bond motifs is 5. The van der Waals surface area contributed by atoms with Gasteiger partial charge in [-0.1, -0.05) is 24.3 Å². The van der Waals surface area contributed by atoms with E-state index >= 15 is 4.39 Å². The molecule has 2 fully saturated rings. The molecule has 0 spiro atoms. The molecule has 10 heteroatoms. The fourth-order valence-electron chi connectivity index (χ4n) is 7.25. The maximum absolute atomic E-state index is 16.0. The Kier molecular flexibility index (Phi) is 6.48. The van der Waals surface area contributed by atoms with Gasteiger partial charge in [-0.2, -0.15) is 0 Å². The summed E-state index contributed by atoms with van der Waals surface area (Å²) in [6, 6.07) is 13.0. The highest BCUT2D eigenvalue weighted by atomic mass is 19.1. The van der Waals surface area contributed by atoms with Crippen molar-refractivity contribution in [2.75, 3.05) is 51.8 Å². The standard InChI is InChI=1S/C34H33FN4O5/c1-37-10-4-5-19(37)8-9-36-29-26(35)15-24-30-33(29)44-28-17-23-22(20-6-2-3-7-21(20)31(23)40)16-27(28)39(30)18-25(32(24)41)34(42)38-11-13-43-14-12-38/h2-3,6-7,15-19,31,36,40H,4-5,8-14H2,1H3. The van der Waals surface area contributed by atoms with Crippen molar-refractivity contribution in [3.63, 3.8) is 0 Å². The Bertz CT molecular complexity index is 1900. The first-order chi connectivity index (χ1) is 21.4. The fraction of sp³-hybridized carbons (Fsp3) is 0.353. The molecule has 9 nitrogen and oxygen atoms in total. The fourth-order valence-corrected chi connectivity index (χ4v) is 7.25. The lowest BCUT2D eigenvalue weighted by atomic mass is 10.0. The monoisotopic (exact) mass is 596 g/mol. The lowest BCUT2D eigenvalue weighted by molar-refractivity contribution is 0.0301. The van der Waals surface area contributed by atoms with Crippen LogP contribution in [0.5, 0.6) is 11.5 Å². The Morgan fingerprint density at radius 2 is 1.91 bits per heavy atom. The molecule has 4 heterocycles. The summed E-state index contributed by atoms with van der Waals surface area (Å²) in [6.45, 7) is 3.10. The van der Waals surface area contributed by atoms with Gasteiger partial charge in [0.2, 0.25) is 5.43 Å². The first-order valence-corrected chi connectivity index (χ1v) is 15.3. The third-order valence-electron chi connectivity index (χ3n) is 9.62. The van der Waals surface area contributed by atoms with Crippen molar-refractivity contribution in [3.8, 4) is 28.3 Å². The molecule has 0 radical (unpaired) electrons. The summed E-state index contributed by atoms with van der Waals surface area (Å²) in [7, 11) is 2.11. The summed E-state index contributed by atoms with van der Waals surface area (Å²) in [5.41, 5.74) is 3.82. The number of anilines is 1. The number of ether oxygens (including phenoxy) is 2. The van der Waals surface area contributed by atoms with Crippen LogP contribution in [0.15, 0.2) is 53.5 Å². The minimum Gasteiger partial charge on any atom is -0.451 e. The Hall–Kier alpha value is -4.25. The zero-order valence-electron chi connectivity index (χ0n) is 24.4. The maximum atomic E-state index is 16.0. The average molecular weight is 597 g/mol. The van der Waals surface area contributed by atoms with Crippen molar-refractivity contribution in [3.05, 3.63) is 81.4 Å². The molecule has 44 heavy (non-hydrogen) atoms. The molecule has 0 saturated carbocycles. The highest BCUT2D eigenvalue weighted by molar-refractivity contribution is 6.01. The minimum absolute atomic E-state index is 0.0384. The van der Waals surface area contributed by atoms with Gasteiger partial charge in [-0.15, -0.1) is 0 Å². The van der Waals surface area contributed by atoms with Crippen LogP contribution in [0, 0.1) is 5.82 Å². The molecule has 4 aliphatic rings. The lowest BCUT2D eigenvalue weighted by Crippen LogP contribution is -2.42. The maximum Gasteiger partial charge on any atom is 0.259 e. The SMILES string of the molecule is CN1CCCC1CCNc1c(F)cc2c(=O)c(C(=O)N3CCOCC3)cn3c2c1Oc1cc2c(cc1-3)-c1ccccc1C2O. The number of benzene rings is 3. The summed E-state index contributed by atoms with van der Waals surface area (Å²) in [5, 5.41) is 14.5. The van der Waals surface area contributed by atoms with E-state index in [1.165, 1.54) is 6.07 Å². The van der Waals surface area contributed by atoms with Crippen LogP contribution < -0.4 is 15.5 Å². The largest absolute Gasteiger partial charge is 0.451 e. The van der Waals surface area contributed by atoms with Gasteiger partial charge < -0.3 is 34.3 Å². The van der Waals surface area contributed by atoms with Crippen LogP contribution in [0.1, 0.15) is 46.9 Å². The molecule has 1 amide bonds. The van der Waals surface area contributed by atoms with Crippen molar-refractivity contribution in [2.24, 2.45) is 0 Å². The van der Waals surface area contributed by atoms with E-state index in [-0.39, 0.29) is 22.4 Å². The van der Waals surface area contributed by atoms with Gasteiger partial charge >= 0.3 is 0 Å². The number of nitrogens with zero attached hydrogens (tertiary/aromatic N) is 3. The third-order valence-corrected chi connectivity index (χ3v) is 9.62. The van der Waals surface area contributed by atoms with Crippen LogP contribution in [-0.4, -0.2) is 77.9 Å². The third kappa shape index (κ3) is 4.16. The summed E-state index contributed by atoms with van der Waals surface area (Å²) < 4.78 is 29.6. The molecule has 1 aliphatic carbocycles. The number of aliphatic hydroxyl groups excluding tert-OH is 1. The lowest BCUT2D eigenvalue weighted by Gasteiger charge is -2.29. The first-order valence-electron chi connectivity index (χ1n) is 15.3. The number of halogens is 1. The number of likely N-dealkylation sites (tertiary alicyclic amines) is 1. The summed E-state index contributed by atoms with van der Waals surface area (Å²) in [6.07, 6.45) is 3.81. The molecule has 226 valence electrons. The number of aromatic nitrogens is 1. The van der Waals surface area contributed by atoms with Gasteiger partial charge in [0.1, 0.15) is 22.9 Å². The normalized spacial score (nSPS) is 20.3. The zero-order chi connectivity index (χ0) is 30.1. The van der Waals surface area contributed by atoms with Crippen molar-refractivity contribution in [1.82, 2.24) is 14.4 Å². The van der Waals surface area contributed by atoms with Crippen molar-refractivity contribution >= 4 is 22.5 Å². The number of carbonyl (C=O) groups is 1. The van der Waals surface area contributed by atoms with Crippen LogP contribution in [0.4, 0.5) is 10.1 Å². The molecule has 0 bridgehead atoms. The number of carbonyl (C=O) groups excluding carboxylic acids is 1. The van der Waals surface area contributed by atoms with E-state index in [1.54, 1.807) is 21.7 Å². The summed E-state index contributed by atoms with van der Waals surface area (Å²) >= 11 is 0. The van der Waals surface area contributed by atoms with Gasteiger partial charge in [-0.3, -0.25) is 9.59 Å². The molecule has 1 aromatic heterocycles. The average Bonchev–Trinajstić information content (AvgIpc) is 3.58. The summed E-state index contributed by atoms with van der Waals surface area (Å²) in [5.74, 6) is -0.436. The van der Waals surface area contributed by atoms with Gasteiger partial charge in [0, 0.05) is 31.9 Å². The van der Waals surface area contributed by atoms with E-state index in [9.17, 15) is 14.7 Å². The zero-order valence-corrected chi connectivity index (χ0v) is 24.4. The van der Waals surface area contributed by atoms with E-state index < -0.39 is 23.3 Å². The number of aliphatic hydroxyl groups is 1. The van der Waals surface area contributed by atoms with Gasteiger partial charge in [0.25, 0.3) is 5.91 Å². The van der Waals surface area contributed by atoms with Gasteiger partial charge in [0.05, 0.1) is 24.3 Å². The van der Waals surface area contributed by atoms with Crippen LogP contribution >= 0.6 is 0 Å². The number of morpholine rings is 1. The van der Waals surface area contributed by atoms with E-state index in [2.05, 4.69) is 17.3 Å². The van der Waals surface area contributed by atoms with E-state index in [0.717, 1.165) is 42.5 Å². The number of pyridine rings is 1. The Labute approximate surface area is 253 Å². The molecule has 2 saturated heterocycles. The number of amides is 1. The number of hydrogen-bond acceptors (Lipinski definition) is 7. The van der Waals surface area contributed by atoms with Gasteiger partial charge in [0.15, 0.2) is 17.3 Å². The Morgan fingerprint density at radius 3 is 2.70 bits per heavy atom. The predicted octanol–water partition coefficient (Wildman–Crippen LogP) is 4.67. The number of hydrogen-bond donors (Lipinski definition) is 2.